The molecule has 6 nitrogen and oxygen atoms in total. The first-order valence-electron chi connectivity index (χ1n) is 5.13. The maximum absolute atomic E-state index is 11.6. The van der Waals surface area contributed by atoms with Crippen molar-refractivity contribution in [2.24, 2.45) is 0 Å². The van der Waals surface area contributed by atoms with E-state index in [-0.39, 0.29) is 25.7 Å². The molecule has 1 rings (SSSR count). The zero-order chi connectivity index (χ0) is 13.5. The Balaban J connectivity index is 2.36. The van der Waals surface area contributed by atoms with Gasteiger partial charge in [-0.25, -0.2) is 4.79 Å². The zero-order valence-corrected chi connectivity index (χ0v) is 10.2. The summed E-state index contributed by atoms with van der Waals surface area (Å²) in [6, 6.07) is 4.55. The van der Waals surface area contributed by atoms with Gasteiger partial charge in [0, 0.05) is 12.1 Å². The average molecular weight is 273 g/mol. The Bertz CT molecular complexity index is 451. The van der Waals surface area contributed by atoms with Crippen molar-refractivity contribution >= 4 is 29.2 Å². The van der Waals surface area contributed by atoms with Crippen LogP contribution in [0, 0.1) is 0 Å². The lowest BCUT2D eigenvalue weighted by atomic mass is 10.2. The molecular weight excluding hydrogens is 260 g/mol. The standard InChI is InChI=1S/C11H13ClN2O4/c12-8-2-1-7(5-9(8)13)11(17)14-3-4-18-6-10(15)16/h1-2,5H,3-4,6,13H2,(H,14,17)(H,15,16). The number of hydrogen-bond donors (Lipinski definition) is 3. The largest absolute Gasteiger partial charge is 0.480 e. The average Bonchev–Trinajstić information content (AvgIpc) is 2.31. The molecule has 0 bridgehead atoms. The molecule has 0 heterocycles. The molecule has 7 heteroatoms. The van der Waals surface area contributed by atoms with E-state index in [9.17, 15) is 9.59 Å². The maximum Gasteiger partial charge on any atom is 0.329 e. The van der Waals surface area contributed by atoms with Crippen LogP contribution in [0.3, 0.4) is 0 Å². The monoisotopic (exact) mass is 272 g/mol. The molecule has 0 aliphatic carbocycles. The molecule has 0 saturated carbocycles. The number of benzene rings is 1. The highest BCUT2D eigenvalue weighted by Gasteiger charge is 2.06. The van der Waals surface area contributed by atoms with Crippen LogP contribution in [0.5, 0.6) is 0 Å². The number of nitrogens with two attached hydrogens (primary N) is 1. The van der Waals surface area contributed by atoms with E-state index < -0.39 is 5.97 Å². The number of carbonyl (C=O) groups excluding carboxylic acids is 1. The molecule has 18 heavy (non-hydrogen) atoms. The van der Waals surface area contributed by atoms with Crippen molar-refractivity contribution in [1.82, 2.24) is 5.32 Å². The van der Waals surface area contributed by atoms with Crippen LogP contribution < -0.4 is 11.1 Å². The second-order valence-corrected chi connectivity index (χ2v) is 3.85. The molecule has 1 aromatic carbocycles. The molecule has 0 atom stereocenters. The van der Waals surface area contributed by atoms with Crippen LogP contribution >= 0.6 is 11.6 Å². The molecule has 1 amide bonds. The van der Waals surface area contributed by atoms with E-state index in [0.717, 1.165) is 0 Å². The lowest BCUT2D eigenvalue weighted by molar-refractivity contribution is -0.142. The van der Waals surface area contributed by atoms with E-state index in [1.807, 2.05) is 0 Å². The fourth-order valence-corrected chi connectivity index (χ4v) is 1.30. The molecule has 1 aromatic rings. The number of rotatable bonds is 6. The van der Waals surface area contributed by atoms with Crippen LogP contribution in [0.1, 0.15) is 10.4 Å². The van der Waals surface area contributed by atoms with Crippen LogP contribution in [-0.4, -0.2) is 36.7 Å². The summed E-state index contributed by atoms with van der Waals surface area (Å²) in [6.45, 7) is -0.0421. The Morgan fingerprint density at radius 2 is 2.17 bits per heavy atom. The van der Waals surface area contributed by atoms with Gasteiger partial charge in [0.05, 0.1) is 17.3 Å². The summed E-state index contributed by atoms with van der Waals surface area (Å²) in [5.74, 6) is -1.37. The van der Waals surface area contributed by atoms with E-state index in [4.69, 9.17) is 27.2 Å². The fourth-order valence-electron chi connectivity index (χ4n) is 1.18. The Hall–Kier alpha value is -1.79. The molecule has 0 fully saturated rings. The SMILES string of the molecule is Nc1cc(C(=O)NCCOCC(=O)O)ccc1Cl. The summed E-state index contributed by atoms with van der Waals surface area (Å²) < 4.78 is 4.76. The van der Waals surface area contributed by atoms with Crippen LogP contribution in [0.2, 0.25) is 5.02 Å². The fraction of sp³-hybridized carbons (Fsp3) is 0.273. The minimum Gasteiger partial charge on any atom is -0.480 e. The van der Waals surface area contributed by atoms with Crippen molar-refractivity contribution < 1.29 is 19.4 Å². The molecule has 0 radical (unpaired) electrons. The zero-order valence-electron chi connectivity index (χ0n) is 9.48. The first-order chi connectivity index (χ1) is 8.50. The summed E-state index contributed by atoms with van der Waals surface area (Å²) in [5, 5.41) is 11.3. The third-order valence-corrected chi connectivity index (χ3v) is 2.36. The van der Waals surface area contributed by atoms with E-state index in [1.54, 1.807) is 6.07 Å². The number of nitrogens with one attached hydrogen (secondary N) is 1. The molecule has 98 valence electrons. The highest BCUT2D eigenvalue weighted by molar-refractivity contribution is 6.33. The highest BCUT2D eigenvalue weighted by atomic mass is 35.5. The van der Waals surface area contributed by atoms with Gasteiger partial charge in [0.15, 0.2) is 0 Å². The van der Waals surface area contributed by atoms with Gasteiger partial charge in [0.25, 0.3) is 5.91 Å². The lowest BCUT2D eigenvalue weighted by Crippen LogP contribution is -2.28. The Kier molecular flexibility index (Phi) is 5.41. The van der Waals surface area contributed by atoms with Gasteiger partial charge in [-0.15, -0.1) is 0 Å². The van der Waals surface area contributed by atoms with Gasteiger partial charge in [-0.05, 0) is 18.2 Å². The molecule has 0 saturated heterocycles. The van der Waals surface area contributed by atoms with Gasteiger partial charge < -0.3 is 20.9 Å². The van der Waals surface area contributed by atoms with E-state index in [1.165, 1.54) is 12.1 Å². The van der Waals surface area contributed by atoms with Crippen molar-refractivity contribution in [2.45, 2.75) is 0 Å². The minimum absolute atomic E-state index is 0.126. The van der Waals surface area contributed by atoms with Gasteiger partial charge in [-0.3, -0.25) is 4.79 Å². The molecule has 0 aliphatic rings. The predicted octanol–water partition coefficient (Wildman–Crippen LogP) is 0.753. The predicted molar refractivity (Wildman–Crippen MR) is 66.7 cm³/mol. The number of aliphatic carboxylic acids is 1. The number of nitrogen functional groups attached to an aromatic ring is 1. The number of carboxylic acid groups (broad SMARTS) is 1. The number of ether oxygens (including phenoxy) is 1. The highest BCUT2D eigenvalue weighted by Crippen LogP contribution is 2.19. The summed E-state index contributed by atoms with van der Waals surface area (Å²) in [4.78, 5) is 21.8. The molecule has 0 spiro atoms. The van der Waals surface area contributed by atoms with Gasteiger partial charge in [-0.1, -0.05) is 11.6 Å². The first-order valence-corrected chi connectivity index (χ1v) is 5.51. The van der Waals surface area contributed by atoms with Gasteiger partial charge in [0.2, 0.25) is 0 Å². The number of carboxylic acids is 1. The number of carbonyl (C=O) groups is 2. The van der Waals surface area contributed by atoms with Crippen LogP contribution in [0.4, 0.5) is 5.69 Å². The third kappa shape index (κ3) is 4.60. The molecule has 0 aliphatic heterocycles. The van der Waals surface area contributed by atoms with Crippen molar-refractivity contribution in [3.63, 3.8) is 0 Å². The lowest BCUT2D eigenvalue weighted by Gasteiger charge is -2.06. The summed E-state index contributed by atoms with van der Waals surface area (Å²) in [6.07, 6.45) is 0. The van der Waals surface area contributed by atoms with E-state index >= 15 is 0 Å². The van der Waals surface area contributed by atoms with Crippen molar-refractivity contribution in [3.05, 3.63) is 28.8 Å². The van der Waals surface area contributed by atoms with Crippen molar-refractivity contribution in [2.75, 3.05) is 25.5 Å². The smallest absolute Gasteiger partial charge is 0.329 e. The molecular formula is C11H13ClN2O4. The van der Waals surface area contributed by atoms with Crippen LogP contribution in [0.15, 0.2) is 18.2 Å². The van der Waals surface area contributed by atoms with Crippen LogP contribution in [0.25, 0.3) is 0 Å². The number of amides is 1. The first kappa shape index (κ1) is 14.3. The second-order valence-electron chi connectivity index (χ2n) is 3.44. The second kappa shape index (κ2) is 6.83. The summed E-state index contributed by atoms with van der Waals surface area (Å²) in [7, 11) is 0. The molecule has 0 aromatic heterocycles. The normalized spacial score (nSPS) is 10.1. The van der Waals surface area contributed by atoms with E-state index in [2.05, 4.69) is 5.32 Å². The van der Waals surface area contributed by atoms with Gasteiger partial charge >= 0.3 is 5.97 Å². The van der Waals surface area contributed by atoms with Crippen molar-refractivity contribution in [1.29, 1.82) is 0 Å². The third-order valence-electron chi connectivity index (χ3n) is 2.02. The quantitative estimate of drug-likeness (QED) is 0.524. The maximum atomic E-state index is 11.6. The number of halogens is 1. The molecule has 4 N–H and O–H groups in total. The van der Waals surface area contributed by atoms with Gasteiger partial charge in [0.1, 0.15) is 6.61 Å². The van der Waals surface area contributed by atoms with E-state index in [0.29, 0.717) is 16.3 Å². The Labute approximate surface area is 109 Å². The number of anilines is 1. The summed E-state index contributed by atoms with van der Waals surface area (Å²) >= 11 is 5.73. The topological polar surface area (TPSA) is 102 Å². The summed E-state index contributed by atoms with van der Waals surface area (Å²) in [5.41, 5.74) is 6.28. The molecule has 0 unspecified atom stereocenters. The van der Waals surface area contributed by atoms with Gasteiger partial charge in [-0.2, -0.15) is 0 Å². The van der Waals surface area contributed by atoms with Crippen molar-refractivity contribution in [3.8, 4) is 0 Å². The Morgan fingerprint density at radius 1 is 1.44 bits per heavy atom. The minimum atomic E-state index is -1.05. The van der Waals surface area contributed by atoms with Crippen LogP contribution in [-0.2, 0) is 9.53 Å². The Morgan fingerprint density at radius 3 is 2.78 bits per heavy atom. The number of hydrogen-bond acceptors (Lipinski definition) is 4.